The highest BCUT2D eigenvalue weighted by molar-refractivity contribution is 5.17. The summed E-state index contributed by atoms with van der Waals surface area (Å²) in [5, 5.41) is 0. The summed E-state index contributed by atoms with van der Waals surface area (Å²) < 4.78 is 26.2. The molecular formula is C36H38O4. The molecule has 4 aromatic carbocycles. The van der Waals surface area contributed by atoms with Gasteiger partial charge in [-0.1, -0.05) is 133 Å². The van der Waals surface area contributed by atoms with Crippen LogP contribution in [0.15, 0.2) is 133 Å². The Labute approximate surface area is 238 Å². The van der Waals surface area contributed by atoms with E-state index in [2.05, 4.69) is 60.7 Å². The third-order valence-corrected chi connectivity index (χ3v) is 7.18. The Hall–Kier alpha value is -3.54. The Morgan fingerprint density at radius 2 is 0.900 bits per heavy atom. The number of ether oxygens (including phenoxy) is 4. The highest BCUT2D eigenvalue weighted by Gasteiger charge is 2.38. The van der Waals surface area contributed by atoms with E-state index >= 15 is 0 Å². The second-order valence-electron chi connectivity index (χ2n) is 10.2. The molecule has 0 unspecified atom stereocenters. The topological polar surface area (TPSA) is 36.9 Å². The van der Waals surface area contributed by atoms with Gasteiger partial charge in [-0.2, -0.15) is 0 Å². The minimum absolute atomic E-state index is 0.106. The van der Waals surface area contributed by atoms with Gasteiger partial charge in [-0.3, -0.25) is 0 Å². The second kappa shape index (κ2) is 15.3. The molecule has 40 heavy (non-hydrogen) atoms. The Balaban J connectivity index is 1.36. The fourth-order valence-corrected chi connectivity index (χ4v) is 5.02. The van der Waals surface area contributed by atoms with E-state index in [0.29, 0.717) is 33.0 Å². The number of benzene rings is 4. The number of hydrogen-bond donors (Lipinski definition) is 0. The van der Waals surface area contributed by atoms with Gasteiger partial charge in [-0.05, 0) is 28.7 Å². The smallest absolute Gasteiger partial charge is 0.114 e. The molecule has 1 aliphatic carbocycles. The van der Waals surface area contributed by atoms with Gasteiger partial charge in [0.25, 0.3) is 0 Å². The molecule has 0 spiro atoms. The summed E-state index contributed by atoms with van der Waals surface area (Å²) >= 11 is 0. The van der Waals surface area contributed by atoms with E-state index in [1.165, 1.54) is 0 Å². The molecule has 1 aliphatic rings. The summed E-state index contributed by atoms with van der Waals surface area (Å²) in [7, 11) is 0. The van der Waals surface area contributed by atoms with Crippen molar-refractivity contribution < 1.29 is 18.9 Å². The molecule has 4 aromatic rings. The van der Waals surface area contributed by atoms with Crippen LogP contribution >= 0.6 is 0 Å². The predicted molar refractivity (Wildman–Crippen MR) is 158 cm³/mol. The van der Waals surface area contributed by atoms with Gasteiger partial charge < -0.3 is 18.9 Å². The maximum atomic E-state index is 6.72. The largest absolute Gasteiger partial charge is 0.376 e. The molecule has 0 aromatic heterocycles. The van der Waals surface area contributed by atoms with Crippen molar-refractivity contribution in [3.05, 3.63) is 156 Å². The van der Waals surface area contributed by atoms with Gasteiger partial charge in [0.15, 0.2) is 0 Å². The summed E-state index contributed by atoms with van der Waals surface area (Å²) in [5.41, 5.74) is 4.55. The van der Waals surface area contributed by atoms with Gasteiger partial charge in [-0.15, -0.1) is 0 Å². The molecule has 0 heterocycles. The molecule has 206 valence electrons. The summed E-state index contributed by atoms with van der Waals surface area (Å²) in [5.74, 6) is 0.106. The van der Waals surface area contributed by atoms with Crippen molar-refractivity contribution in [3.8, 4) is 0 Å². The van der Waals surface area contributed by atoms with Crippen LogP contribution in [0.2, 0.25) is 0 Å². The summed E-state index contributed by atoms with van der Waals surface area (Å²) in [6, 6.07) is 41.2. The zero-order valence-electron chi connectivity index (χ0n) is 22.9. The number of rotatable bonds is 13. The van der Waals surface area contributed by atoms with Crippen LogP contribution in [-0.4, -0.2) is 24.9 Å². The lowest BCUT2D eigenvalue weighted by Crippen LogP contribution is -2.45. The molecular weight excluding hydrogens is 496 g/mol. The first-order valence-corrected chi connectivity index (χ1v) is 14.1. The molecule has 0 amide bonds. The minimum Gasteiger partial charge on any atom is -0.376 e. The molecule has 0 saturated carbocycles. The lowest BCUT2D eigenvalue weighted by atomic mass is 9.94. The van der Waals surface area contributed by atoms with E-state index in [1.807, 2.05) is 72.8 Å². The average Bonchev–Trinajstić information content (AvgIpc) is 3.18. The van der Waals surface area contributed by atoms with E-state index in [0.717, 1.165) is 28.7 Å². The minimum atomic E-state index is -0.309. The van der Waals surface area contributed by atoms with E-state index in [4.69, 9.17) is 18.9 Å². The first kappa shape index (κ1) is 28.0. The van der Waals surface area contributed by atoms with Crippen LogP contribution in [0.5, 0.6) is 0 Å². The van der Waals surface area contributed by atoms with Crippen molar-refractivity contribution in [2.75, 3.05) is 6.61 Å². The third-order valence-electron chi connectivity index (χ3n) is 7.18. The highest BCUT2D eigenvalue weighted by Crippen LogP contribution is 2.29. The third kappa shape index (κ3) is 8.48. The van der Waals surface area contributed by atoms with Crippen molar-refractivity contribution in [3.63, 3.8) is 0 Å². The molecule has 0 N–H and O–H groups in total. The zero-order chi connectivity index (χ0) is 27.2. The molecule has 0 aliphatic heterocycles. The van der Waals surface area contributed by atoms with Crippen molar-refractivity contribution in [2.45, 2.75) is 51.2 Å². The standard InChI is InChI=1S/C36H38O4/c1-5-14-29(15-6-1)24-37-28-33-22-13-23-34(38-25-30-16-7-2-8-17-30)36(40-27-32-20-11-4-12-21-32)35(33)39-26-31-18-9-3-10-19-31/h1-21,23,33-36H,22,24-28H2/t33-,34-,35+,36+/m0/s1. The van der Waals surface area contributed by atoms with E-state index in [9.17, 15) is 0 Å². The Morgan fingerprint density at radius 3 is 1.40 bits per heavy atom. The van der Waals surface area contributed by atoms with Crippen LogP contribution in [0, 0.1) is 5.92 Å². The number of hydrogen-bond acceptors (Lipinski definition) is 4. The maximum absolute atomic E-state index is 6.72. The molecule has 0 fully saturated rings. The Kier molecular flexibility index (Phi) is 10.7. The molecule has 0 saturated heterocycles. The summed E-state index contributed by atoms with van der Waals surface area (Å²) in [6.45, 7) is 2.61. The van der Waals surface area contributed by atoms with E-state index < -0.39 is 0 Å². The van der Waals surface area contributed by atoms with Crippen LogP contribution in [0.1, 0.15) is 28.7 Å². The highest BCUT2D eigenvalue weighted by atomic mass is 16.6. The van der Waals surface area contributed by atoms with Gasteiger partial charge in [0, 0.05) is 5.92 Å². The monoisotopic (exact) mass is 534 g/mol. The van der Waals surface area contributed by atoms with Crippen LogP contribution < -0.4 is 0 Å². The van der Waals surface area contributed by atoms with Crippen molar-refractivity contribution in [1.82, 2.24) is 0 Å². The molecule has 5 rings (SSSR count). The van der Waals surface area contributed by atoms with Crippen LogP contribution in [-0.2, 0) is 45.4 Å². The van der Waals surface area contributed by atoms with Gasteiger partial charge in [0.2, 0.25) is 0 Å². The first-order valence-electron chi connectivity index (χ1n) is 14.1. The van der Waals surface area contributed by atoms with Crippen molar-refractivity contribution in [2.24, 2.45) is 5.92 Å². The molecule has 4 nitrogen and oxygen atoms in total. The zero-order valence-corrected chi connectivity index (χ0v) is 22.9. The van der Waals surface area contributed by atoms with Gasteiger partial charge in [0.1, 0.15) is 12.2 Å². The van der Waals surface area contributed by atoms with Gasteiger partial charge >= 0.3 is 0 Å². The second-order valence-corrected chi connectivity index (χ2v) is 10.2. The fraction of sp³-hybridized carbons (Fsp3) is 0.278. The maximum Gasteiger partial charge on any atom is 0.114 e. The van der Waals surface area contributed by atoms with Crippen LogP contribution in [0.4, 0.5) is 0 Å². The predicted octanol–water partition coefficient (Wildman–Crippen LogP) is 7.54. The average molecular weight is 535 g/mol. The lowest BCUT2D eigenvalue weighted by molar-refractivity contribution is -0.159. The van der Waals surface area contributed by atoms with E-state index in [-0.39, 0.29) is 24.2 Å². The summed E-state index contributed by atoms with van der Waals surface area (Å²) in [4.78, 5) is 0. The normalized spacial score (nSPS) is 20.7. The molecule has 4 atom stereocenters. The molecule has 4 heteroatoms. The van der Waals surface area contributed by atoms with Crippen molar-refractivity contribution in [1.29, 1.82) is 0 Å². The van der Waals surface area contributed by atoms with Crippen molar-refractivity contribution >= 4 is 0 Å². The first-order chi connectivity index (χ1) is 19.8. The number of allylic oxidation sites excluding steroid dienone is 1. The molecule has 0 bridgehead atoms. The van der Waals surface area contributed by atoms with E-state index in [1.54, 1.807) is 0 Å². The van der Waals surface area contributed by atoms with Gasteiger partial charge in [0.05, 0.1) is 39.1 Å². The Morgan fingerprint density at radius 1 is 0.475 bits per heavy atom. The van der Waals surface area contributed by atoms with Crippen LogP contribution in [0.3, 0.4) is 0 Å². The Bertz CT molecular complexity index is 1260. The quantitative estimate of drug-likeness (QED) is 0.166. The SMILES string of the molecule is C1=C[C@H](OCc2ccccc2)[C@@H](OCc2ccccc2)[C@H](OCc2ccccc2)[C@H](COCc2ccccc2)C1. The fourth-order valence-electron chi connectivity index (χ4n) is 5.02. The summed E-state index contributed by atoms with van der Waals surface area (Å²) in [6.07, 6.45) is 4.38. The van der Waals surface area contributed by atoms with Crippen LogP contribution in [0.25, 0.3) is 0 Å². The van der Waals surface area contributed by atoms with Gasteiger partial charge in [-0.25, -0.2) is 0 Å². The molecule has 0 radical (unpaired) electrons. The lowest BCUT2D eigenvalue weighted by Gasteiger charge is -2.35.